The summed E-state index contributed by atoms with van der Waals surface area (Å²) in [5.41, 5.74) is 3.03. The van der Waals surface area contributed by atoms with Crippen LogP contribution in [0.25, 0.3) is 22.4 Å². The number of benzene rings is 4. The molecule has 0 spiro atoms. The molecular formula is C26H18N2O3. The number of nitriles is 1. The minimum atomic E-state index is -0.430. The molecule has 0 atom stereocenters. The van der Waals surface area contributed by atoms with Gasteiger partial charge in [-0.2, -0.15) is 5.26 Å². The van der Waals surface area contributed by atoms with Gasteiger partial charge in [0.1, 0.15) is 12.4 Å². The highest BCUT2D eigenvalue weighted by molar-refractivity contribution is 5.94. The number of nitrogens with zero attached hydrogens (tertiary/aromatic N) is 2. The zero-order valence-electron chi connectivity index (χ0n) is 16.6. The maximum absolute atomic E-state index is 10.8. The van der Waals surface area contributed by atoms with Crippen LogP contribution in [0.1, 0.15) is 16.7 Å². The van der Waals surface area contributed by atoms with E-state index in [1.165, 1.54) is 12.1 Å². The number of para-hydroxylation sites is 1. The van der Waals surface area contributed by atoms with Crippen LogP contribution < -0.4 is 4.74 Å². The molecule has 150 valence electrons. The van der Waals surface area contributed by atoms with Crippen LogP contribution in [0.4, 0.5) is 5.69 Å². The largest absolute Gasteiger partial charge is 0.488 e. The van der Waals surface area contributed by atoms with Crippen LogP contribution in [0.15, 0.2) is 91.0 Å². The molecule has 0 radical (unpaired) electrons. The zero-order valence-corrected chi connectivity index (χ0v) is 16.6. The lowest BCUT2D eigenvalue weighted by Gasteiger charge is -2.10. The second-order valence-corrected chi connectivity index (χ2v) is 6.98. The van der Waals surface area contributed by atoms with Crippen molar-refractivity contribution in [3.63, 3.8) is 0 Å². The Kier molecular flexibility index (Phi) is 5.72. The first kappa shape index (κ1) is 19.9. The summed E-state index contributed by atoms with van der Waals surface area (Å²) in [5.74, 6) is 0.634. The average Bonchev–Trinajstić information content (AvgIpc) is 2.81. The van der Waals surface area contributed by atoms with Crippen LogP contribution in [-0.4, -0.2) is 4.92 Å². The molecule has 4 rings (SSSR count). The first-order valence-electron chi connectivity index (χ1n) is 9.70. The number of nitro benzene ring substituents is 1. The summed E-state index contributed by atoms with van der Waals surface area (Å²) in [6.45, 7) is 0.265. The van der Waals surface area contributed by atoms with E-state index in [-0.39, 0.29) is 12.3 Å². The Morgan fingerprint density at radius 1 is 0.935 bits per heavy atom. The maximum Gasteiger partial charge on any atom is 0.269 e. The monoisotopic (exact) mass is 406 g/mol. The smallest absolute Gasteiger partial charge is 0.269 e. The number of hydrogen-bond donors (Lipinski definition) is 0. The lowest BCUT2D eigenvalue weighted by Crippen LogP contribution is -1.97. The SMILES string of the molecule is N#C/C(=C/c1ccccc1OCc1ccc([N+](=O)[O-])cc1)c1ccc2ccccc2c1. The van der Waals surface area contributed by atoms with Gasteiger partial charge in [0.15, 0.2) is 0 Å². The van der Waals surface area contributed by atoms with Crippen LogP contribution in [0.5, 0.6) is 5.75 Å². The molecule has 4 aromatic carbocycles. The van der Waals surface area contributed by atoms with Crippen molar-refractivity contribution >= 4 is 28.1 Å². The summed E-state index contributed by atoms with van der Waals surface area (Å²) >= 11 is 0. The third-order valence-electron chi connectivity index (χ3n) is 4.94. The molecule has 0 aromatic heterocycles. The van der Waals surface area contributed by atoms with Gasteiger partial charge in [-0.15, -0.1) is 0 Å². The molecule has 31 heavy (non-hydrogen) atoms. The number of ether oxygens (including phenoxy) is 1. The summed E-state index contributed by atoms with van der Waals surface area (Å²) in [6, 6.07) is 30.0. The fourth-order valence-electron chi connectivity index (χ4n) is 3.30. The van der Waals surface area contributed by atoms with Gasteiger partial charge in [-0.1, -0.05) is 54.6 Å². The molecule has 0 aliphatic carbocycles. The highest BCUT2D eigenvalue weighted by atomic mass is 16.6. The number of non-ortho nitro benzene ring substituents is 1. The standard InChI is InChI=1S/C26H18N2O3/c27-17-24(22-12-11-20-5-1-2-6-21(20)15-22)16-23-7-3-4-8-26(23)31-18-19-9-13-25(14-10-19)28(29)30/h1-16H,18H2/b24-16-. The minimum Gasteiger partial charge on any atom is -0.488 e. The van der Waals surface area contributed by atoms with E-state index in [9.17, 15) is 15.4 Å². The predicted molar refractivity (Wildman–Crippen MR) is 121 cm³/mol. The molecular weight excluding hydrogens is 388 g/mol. The van der Waals surface area contributed by atoms with E-state index in [2.05, 4.69) is 6.07 Å². The molecule has 5 nitrogen and oxygen atoms in total. The second-order valence-electron chi connectivity index (χ2n) is 6.98. The molecule has 0 bridgehead atoms. The summed E-state index contributed by atoms with van der Waals surface area (Å²) in [4.78, 5) is 10.4. The molecule has 0 unspecified atom stereocenters. The van der Waals surface area contributed by atoms with Crippen molar-refractivity contribution in [1.29, 1.82) is 5.26 Å². The molecule has 0 saturated carbocycles. The molecule has 0 saturated heterocycles. The Balaban J connectivity index is 1.59. The quantitative estimate of drug-likeness (QED) is 0.161. The number of nitro groups is 1. The Bertz CT molecular complexity index is 1320. The van der Waals surface area contributed by atoms with E-state index in [0.717, 1.165) is 27.5 Å². The Hall–Kier alpha value is -4.43. The number of hydrogen-bond acceptors (Lipinski definition) is 4. The van der Waals surface area contributed by atoms with E-state index < -0.39 is 4.92 Å². The van der Waals surface area contributed by atoms with Crippen molar-refractivity contribution in [1.82, 2.24) is 0 Å². The van der Waals surface area contributed by atoms with Gasteiger partial charge >= 0.3 is 0 Å². The normalized spacial score (nSPS) is 11.1. The van der Waals surface area contributed by atoms with Gasteiger partial charge in [-0.25, -0.2) is 0 Å². The minimum absolute atomic E-state index is 0.0427. The van der Waals surface area contributed by atoms with Crippen LogP contribution in [0, 0.1) is 21.4 Å². The van der Waals surface area contributed by atoms with Crippen molar-refractivity contribution < 1.29 is 9.66 Å². The van der Waals surface area contributed by atoms with Gasteiger partial charge in [0.05, 0.1) is 16.6 Å². The van der Waals surface area contributed by atoms with E-state index in [4.69, 9.17) is 4.74 Å². The molecule has 0 fully saturated rings. The van der Waals surface area contributed by atoms with Crippen molar-refractivity contribution in [2.45, 2.75) is 6.61 Å². The van der Waals surface area contributed by atoms with Gasteiger partial charge < -0.3 is 4.74 Å². The lowest BCUT2D eigenvalue weighted by atomic mass is 10.00. The van der Waals surface area contributed by atoms with Crippen LogP contribution >= 0.6 is 0 Å². The van der Waals surface area contributed by atoms with E-state index in [1.54, 1.807) is 12.1 Å². The molecule has 5 heteroatoms. The molecule has 0 amide bonds. The molecule has 4 aromatic rings. The second kappa shape index (κ2) is 8.93. The van der Waals surface area contributed by atoms with E-state index in [0.29, 0.717) is 11.3 Å². The summed E-state index contributed by atoms with van der Waals surface area (Å²) in [5, 5.41) is 22.8. The fourth-order valence-corrected chi connectivity index (χ4v) is 3.30. The summed E-state index contributed by atoms with van der Waals surface area (Å²) in [6.07, 6.45) is 1.81. The van der Waals surface area contributed by atoms with Gasteiger partial charge in [-0.3, -0.25) is 10.1 Å². The summed E-state index contributed by atoms with van der Waals surface area (Å²) < 4.78 is 5.95. The molecule has 0 heterocycles. The highest BCUT2D eigenvalue weighted by Gasteiger charge is 2.08. The highest BCUT2D eigenvalue weighted by Crippen LogP contribution is 2.27. The Labute approximate surface area is 179 Å². The van der Waals surface area contributed by atoms with E-state index in [1.807, 2.05) is 72.8 Å². The van der Waals surface area contributed by atoms with Gasteiger partial charge in [0, 0.05) is 17.7 Å². The van der Waals surface area contributed by atoms with Gasteiger partial charge in [0.25, 0.3) is 5.69 Å². The lowest BCUT2D eigenvalue weighted by molar-refractivity contribution is -0.384. The Morgan fingerprint density at radius 3 is 2.39 bits per heavy atom. The number of fused-ring (bicyclic) bond motifs is 1. The third kappa shape index (κ3) is 4.60. The van der Waals surface area contributed by atoms with Gasteiger partial charge in [0.2, 0.25) is 0 Å². The molecule has 0 aliphatic rings. The first-order chi connectivity index (χ1) is 15.1. The third-order valence-corrected chi connectivity index (χ3v) is 4.94. The topological polar surface area (TPSA) is 76.2 Å². The number of rotatable bonds is 6. The number of allylic oxidation sites excluding steroid dienone is 1. The predicted octanol–water partition coefficient (Wildman–Crippen LogP) is 6.39. The first-order valence-corrected chi connectivity index (χ1v) is 9.70. The molecule has 0 aliphatic heterocycles. The summed E-state index contributed by atoms with van der Waals surface area (Å²) in [7, 11) is 0. The Morgan fingerprint density at radius 2 is 1.65 bits per heavy atom. The van der Waals surface area contributed by atoms with E-state index >= 15 is 0 Å². The van der Waals surface area contributed by atoms with Crippen molar-refractivity contribution in [3.8, 4) is 11.8 Å². The molecule has 0 N–H and O–H groups in total. The fraction of sp³-hybridized carbons (Fsp3) is 0.0385. The van der Waals surface area contributed by atoms with Crippen LogP contribution in [0.3, 0.4) is 0 Å². The van der Waals surface area contributed by atoms with Crippen molar-refractivity contribution in [2.24, 2.45) is 0 Å². The van der Waals surface area contributed by atoms with Crippen molar-refractivity contribution in [2.75, 3.05) is 0 Å². The van der Waals surface area contributed by atoms with Crippen LogP contribution in [0.2, 0.25) is 0 Å². The maximum atomic E-state index is 10.8. The zero-order chi connectivity index (χ0) is 21.6. The van der Waals surface area contributed by atoms with Gasteiger partial charge in [-0.05, 0) is 52.2 Å². The average molecular weight is 406 g/mol. The van der Waals surface area contributed by atoms with Crippen LogP contribution in [-0.2, 0) is 6.61 Å². The van der Waals surface area contributed by atoms with Crippen molar-refractivity contribution in [3.05, 3.63) is 118 Å².